The van der Waals surface area contributed by atoms with Crippen molar-refractivity contribution in [1.82, 2.24) is 4.90 Å². The Morgan fingerprint density at radius 3 is 2.57 bits per heavy atom. The molecule has 0 aliphatic carbocycles. The van der Waals surface area contributed by atoms with Gasteiger partial charge in [-0.15, -0.1) is 0 Å². The van der Waals surface area contributed by atoms with Gasteiger partial charge in [-0.3, -0.25) is 9.59 Å². The number of ketones is 1. The van der Waals surface area contributed by atoms with Crippen LogP contribution in [0, 0.1) is 0 Å². The summed E-state index contributed by atoms with van der Waals surface area (Å²) < 4.78 is 5.47. The zero-order chi connectivity index (χ0) is 10.8. The van der Waals surface area contributed by atoms with Gasteiger partial charge in [0.1, 0.15) is 11.5 Å². The molecule has 1 heterocycles. The Morgan fingerprint density at radius 2 is 2.07 bits per heavy atom. The molecular weight excluding hydrogens is 182 g/mol. The van der Waals surface area contributed by atoms with E-state index in [1.54, 1.807) is 4.90 Å². The average molecular weight is 199 g/mol. The number of ether oxygens (including phenoxy) is 1. The topological polar surface area (TPSA) is 46.6 Å². The Morgan fingerprint density at radius 1 is 1.43 bits per heavy atom. The number of carbonyl (C=O) groups excluding carboxylic acids is 2. The second kappa shape index (κ2) is 4.09. The molecule has 4 nitrogen and oxygen atoms in total. The Balaban J connectivity index is 2.64. The van der Waals surface area contributed by atoms with Crippen molar-refractivity contribution in [2.75, 3.05) is 13.2 Å². The van der Waals surface area contributed by atoms with E-state index in [1.807, 2.05) is 13.8 Å². The van der Waals surface area contributed by atoms with Gasteiger partial charge in [-0.2, -0.15) is 0 Å². The molecule has 0 aromatic rings. The van der Waals surface area contributed by atoms with Crippen molar-refractivity contribution in [3.63, 3.8) is 0 Å². The summed E-state index contributed by atoms with van der Waals surface area (Å²) in [5.41, 5.74) is -0.565. The van der Waals surface area contributed by atoms with Crippen LogP contribution in [0.15, 0.2) is 0 Å². The van der Waals surface area contributed by atoms with Crippen LogP contribution in [0.3, 0.4) is 0 Å². The number of rotatable bonds is 2. The summed E-state index contributed by atoms with van der Waals surface area (Å²) in [6, 6.07) is 0. The lowest BCUT2D eigenvalue weighted by atomic mass is 10.1. The minimum Gasteiger partial charge on any atom is -0.356 e. The van der Waals surface area contributed by atoms with Gasteiger partial charge in [-0.05, 0) is 27.2 Å². The normalized spacial score (nSPS) is 20.6. The van der Waals surface area contributed by atoms with Crippen molar-refractivity contribution in [3.05, 3.63) is 0 Å². The van der Waals surface area contributed by atoms with Gasteiger partial charge in [0.2, 0.25) is 5.91 Å². The first-order chi connectivity index (χ1) is 6.43. The smallest absolute Gasteiger partial charge is 0.232 e. The van der Waals surface area contributed by atoms with E-state index in [2.05, 4.69) is 0 Å². The highest BCUT2D eigenvalue weighted by Gasteiger charge is 2.34. The van der Waals surface area contributed by atoms with E-state index in [1.165, 1.54) is 6.92 Å². The molecule has 1 amide bonds. The molecule has 0 radical (unpaired) electrons. The average Bonchev–Trinajstić information content (AvgIpc) is 2.01. The Hall–Kier alpha value is -0.900. The van der Waals surface area contributed by atoms with E-state index in [0.717, 1.165) is 6.42 Å². The van der Waals surface area contributed by atoms with Crippen molar-refractivity contribution >= 4 is 11.7 Å². The molecule has 1 saturated heterocycles. The fraction of sp³-hybridized carbons (Fsp3) is 0.800. The second-order valence-electron chi connectivity index (χ2n) is 4.07. The van der Waals surface area contributed by atoms with Crippen molar-refractivity contribution in [1.29, 1.82) is 0 Å². The molecule has 0 atom stereocenters. The van der Waals surface area contributed by atoms with Gasteiger partial charge in [0.05, 0.1) is 13.0 Å². The molecule has 1 aliphatic heterocycles. The van der Waals surface area contributed by atoms with E-state index in [4.69, 9.17) is 4.74 Å². The molecule has 0 aromatic heterocycles. The Bertz CT molecular complexity index is 248. The first-order valence-electron chi connectivity index (χ1n) is 4.87. The maximum Gasteiger partial charge on any atom is 0.232 e. The minimum atomic E-state index is -0.565. The van der Waals surface area contributed by atoms with Crippen molar-refractivity contribution in [3.8, 4) is 0 Å². The van der Waals surface area contributed by atoms with Crippen molar-refractivity contribution in [2.45, 2.75) is 39.3 Å². The van der Waals surface area contributed by atoms with Gasteiger partial charge in [0.15, 0.2) is 0 Å². The molecule has 0 unspecified atom stereocenters. The Kier molecular flexibility index (Phi) is 3.26. The van der Waals surface area contributed by atoms with Crippen LogP contribution in [-0.2, 0) is 14.3 Å². The SMILES string of the molecule is CC(=O)CC(=O)N1CCCOC1(C)C. The standard InChI is InChI=1S/C10H17NO3/c1-8(12)7-9(13)11-5-4-6-14-10(11,2)3/h4-7H2,1-3H3. The van der Waals surface area contributed by atoms with Crippen LogP contribution in [-0.4, -0.2) is 35.5 Å². The minimum absolute atomic E-state index is 0.0210. The largest absolute Gasteiger partial charge is 0.356 e. The first-order valence-corrected chi connectivity index (χ1v) is 4.87. The molecule has 0 saturated carbocycles. The lowest BCUT2D eigenvalue weighted by Gasteiger charge is -2.42. The predicted molar refractivity (Wildman–Crippen MR) is 51.7 cm³/mol. The third-order valence-electron chi connectivity index (χ3n) is 2.33. The van der Waals surface area contributed by atoms with Crippen molar-refractivity contribution < 1.29 is 14.3 Å². The highest BCUT2D eigenvalue weighted by Crippen LogP contribution is 2.22. The van der Waals surface area contributed by atoms with Gasteiger partial charge in [-0.25, -0.2) is 0 Å². The number of Topliss-reactive ketones (excluding diaryl/α,β-unsaturated/α-hetero) is 1. The quantitative estimate of drug-likeness (QED) is 0.622. The van der Waals surface area contributed by atoms with E-state index in [0.29, 0.717) is 13.2 Å². The Labute approximate surface area is 84.2 Å². The highest BCUT2D eigenvalue weighted by atomic mass is 16.5. The van der Waals surface area contributed by atoms with Crippen LogP contribution in [0.5, 0.6) is 0 Å². The number of carbonyl (C=O) groups is 2. The molecule has 1 rings (SSSR count). The van der Waals surface area contributed by atoms with Gasteiger partial charge >= 0.3 is 0 Å². The van der Waals surface area contributed by atoms with Crippen molar-refractivity contribution in [2.24, 2.45) is 0 Å². The molecular formula is C10H17NO3. The van der Waals surface area contributed by atoms with E-state index < -0.39 is 5.72 Å². The van der Waals surface area contributed by atoms with Crippen LogP contribution >= 0.6 is 0 Å². The van der Waals surface area contributed by atoms with E-state index in [-0.39, 0.29) is 18.1 Å². The van der Waals surface area contributed by atoms with Crippen LogP contribution < -0.4 is 0 Å². The number of hydrogen-bond donors (Lipinski definition) is 0. The summed E-state index contributed by atoms with van der Waals surface area (Å²) in [5.74, 6) is -0.237. The van der Waals surface area contributed by atoms with E-state index >= 15 is 0 Å². The summed E-state index contributed by atoms with van der Waals surface area (Å²) in [6.45, 7) is 6.49. The van der Waals surface area contributed by atoms with Crippen LogP contribution in [0.4, 0.5) is 0 Å². The second-order valence-corrected chi connectivity index (χ2v) is 4.07. The van der Waals surface area contributed by atoms with E-state index in [9.17, 15) is 9.59 Å². The molecule has 14 heavy (non-hydrogen) atoms. The lowest BCUT2D eigenvalue weighted by Crippen LogP contribution is -2.53. The van der Waals surface area contributed by atoms with Gasteiger partial charge in [-0.1, -0.05) is 0 Å². The van der Waals surface area contributed by atoms with Gasteiger partial charge < -0.3 is 9.64 Å². The first kappa shape index (κ1) is 11.2. The molecule has 0 aromatic carbocycles. The summed E-state index contributed by atoms with van der Waals surface area (Å²) in [4.78, 5) is 24.1. The zero-order valence-electron chi connectivity index (χ0n) is 9.00. The molecule has 1 aliphatic rings. The molecule has 80 valence electrons. The maximum absolute atomic E-state index is 11.6. The van der Waals surface area contributed by atoms with Crippen LogP contribution in [0.25, 0.3) is 0 Å². The maximum atomic E-state index is 11.6. The number of hydrogen-bond acceptors (Lipinski definition) is 3. The van der Waals surface area contributed by atoms with Gasteiger partial charge in [0.25, 0.3) is 0 Å². The van der Waals surface area contributed by atoms with Crippen LogP contribution in [0.2, 0.25) is 0 Å². The zero-order valence-corrected chi connectivity index (χ0v) is 9.00. The number of nitrogens with zero attached hydrogens (tertiary/aromatic N) is 1. The summed E-state index contributed by atoms with van der Waals surface area (Å²) in [7, 11) is 0. The molecule has 4 heteroatoms. The number of amides is 1. The summed E-state index contributed by atoms with van der Waals surface area (Å²) >= 11 is 0. The summed E-state index contributed by atoms with van der Waals surface area (Å²) in [6.07, 6.45) is 0.819. The van der Waals surface area contributed by atoms with Gasteiger partial charge in [0, 0.05) is 6.54 Å². The molecule has 0 bridgehead atoms. The lowest BCUT2D eigenvalue weighted by molar-refractivity contribution is -0.181. The third kappa shape index (κ3) is 2.54. The molecule has 0 spiro atoms. The fourth-order valence-electron chi connectivity index (χ4n) is 1.63. The molecule has 0 N–H and O–H groups in total. The fourth-order valence-corrected chi connectivity index (χ4v) is 1.63. The molecule has 1 fully saturated rings. The third-order valence-corrected chi connectivity index (χ3v) is 2.33. The van der Waals surface area contributed by atoms with Crippen LogP contribution in [0.1, 0.15) is 33.6 Å². The predicted octanol–water partition coefficient (Wildman–Crippen LogP) is 0.951. The summed E-state index contributed by atoms with van der Waals surface area (Å²) in [5, 5.41) is 0. The highest BCUT2D eigenvalue weighted by molar-refractivity contribution is 5.97. The monoisotopic (exact) mass is 199 g/mol.